The minimum absolute atomic E-state index is 0.0228. The first-order valence-corrected chi connectivity index (χ1v) is 8.81. The third-order valence-corrected chi connectivity index (χ3v) is 5.11. The standard InChI is InChI=1S/C19H24N2O4/c1-12(19(24)25)17(14-5-3-2-4-6-14)20-18(23)15-9-16(22)21(11-15)10-13-7-8-13/h2-6,12-13,15,17H,7-11H2,1H3,(H,20,23)(H,24,25)/t12-,15-,17-/m0/s1. The average Bonchev–Trinajstić information content (AvgIpc) is 3.34. The summed E-state index contributed by atoms with van der Waals surface area (Å²) >= 11 is 0. The summed E-state index contributed by atoms with van der Waals surface area (Å²) in [6.07, 6.45) is 2.53. The van der Waals surface area contributed by atoms with Gasteiger partial charge in [0.25, 0.3) is 0 Å². The molecule has 0 radical (unpaired) electrons. The number of benzene rings is 1. The summed E-state index contributed by atoms with van der Waals surface area (Å²) in [5, 5.41) is 12.2. The SMILES string of the molecule is C[C@H](C(=O)O)[C@H](NC(=O)[C@H]1CC(=O)N(CC2CC2)C1)c1ccccc1. The van der Waals surface area contributed by atoms with Crippen molar-refractivity contribution < 1.29 is 19.5 Å². The third-order valence-electron chi connectivity index (χ3n) is 5.11. The molecular formula is C19H24N2O4. The molecule has 1 aromatic rings. The van der Waals surface area contributed by atoms with Crippen molar-refractivity contribution in [3.8, 4) is 0 Å². The normalized spacial score (nSPS) is 22.5. The Kier molecular flexibility index (Phi) is 5.06. The molecule has 0 spiro atoms. The summed E-state index contributed by atoms with van der Waals surface area (Å²) < 4.78 is 0. The Balaban J connectivity index is 1.67. The highest BCUT2D eigenvalue weighted by Gasteiger charge is 2.38. The molecule has 134 valence electrons. The first kappa shape index (κ1) is 17.5. The molecule has 2 aliphatic rings. The van der Waals surface area contributed by atoms with Gasteiger partial charge in [-0.1, -0.05) is 30.3 Å². The number of amides is 2. The van der Waals surface area contributed by atoms with Crippen molar-refractivity contribution >= 4 is 17.8 Å². The van der Waals surface area contributed by atoms with E-state index in [1.807, 2.05) is 30.3 Å². The van der Waals surface area contributed by atoms with Crippen LogP contribution in [0.25, 0.3) is 0 Å². The van der Waals surface area contributed by atoms with Gasteiger partial charge in [0.05, 0.1) is 17.9 Å². The number of hydrogen-bond donors (Lipinski definition) is 2. The van der Waals surface area contributed by atoms with Gasteiger partial charge in [-0.05, 0) is 31.2 Å². The molecule has 3 atom stereocenters. The number of nitrogens with one attached hydrogen (secondary N) is 1. The van der Waals surface area contributed by atoms with Crippen molar-refractivity contribution in [2.24, 2.45) is 17.8 Å². The van der Waals surface area contributed by atoms with Crippen LogP contribution < -0.4 is 5.32 Å². The van der Waals surface area contributed by atoms with Crippen molar-refractivity contribution in [3.63, 3.8) is 0 Å². The minimum Gasteiger partial charge on any atom is -0.481 e. The van der Waals surface area contributed by atoms with Gasteiger partial charge in [0, 0.05) is 19.5 Å². The molecule has 1 aliphatic heterocycles. The molecule has 1 heterocycles. The van der Waals surface area contributed by atoms with Gasteiger partial charge >= 0.3 is 5.97 Å². The molecule has 6 heteroatoms. The van der Waals surface area contributed by atoms with Crippen LogP contribution in [0.2, 0.25) is 0 Å². The van der Waals surface area contributed by atoms with Crippen molar-refractivity contribution in [1.82, 2.24) is 10.2 Å². The number of carbonyl (C=O) groups is 3. The molecule has 3 rings (SSSR count). The molecule has 1 aliphatic carbocycles. The molecule has 6 nitrogen and oxygen atoms in total. The predicted molar refractivity (Wildman–Crippen MR) is 91.5 cm³/mol. The average molecular weight is 344 g/mol. The lowest BCUT2D eigenvalue weighted by atomic mass is 9.93. The fourth-order valence-electron chi connectivity index (χ4n) is 3.31. The molecule has 0 unspecified atom stereocenters. The Hall–Kier alpha value is -2.37. The van der Waals surface area contributed by atoms with Gasteiger partial charge in [0.1, 0.15) is 0 Å². The number of likely N-dealkylation sites (tertiary alicyclic amines) is 1. The molecule has 0 bridgehead atoms. The van der Waals surface area contributed by atoms with Crippen LogP contribution in [0, 0.1) is 17.8 Å². The van der Waals surface area contributed by atoms with Gasteiger partial charge in [-0.15, -0.1) is 0 Å². The lowest BCUT2D eigenvalue weighted by Crippen LogP contribution is -2.39. The summed E-state index contributed by atoms with van der Waals surface area (Å²) in [6.45, 7) is 2.76. The van der Waals surface area contributed by atoms with Gasteiger partial charge in [-0.25, -0.2) is 0 Å². The first-order valence-electron chi connectivity index (χ1n) is 8.81. The minimum atomic E-state index is -0.966. The second-order valence-corrected chi connectivity index (χ2v) is 7.17. The van der Waals surface area contributed by atoms with Crippen molar-refractivity contribution in [2.45, 2.75) is 32.2 Å². The maximum Gasteiger partial charge on any atom is 0.308 e. The highest BCUT2D eigenvalue weighted by Crippen LogP contribution is 2.32. The largest absolute Gasteiger partial charge is 0.481 e. The summed E-state index contributed by atoms with van der Waals surface area (Å²) in [6, 6.07) is 8.49. The summed E-state index contributed by atoms with van der Waals surface area (Å²) in [5.74, 6) is -1.76. The monoisotopic (exact) mass is 344 g/mol. The smallest absolute Gasteiger partial charge is 0.308 e. The molecule has 2 fully saturated rings. The fraction of sp³-hybridized carbons (Fsp3) is 0.526. The molecule has 1 saturated heterocycles. The zero-order valence-corrected chi connectivity index (χ0v) is 14.4. The van der Waals surface area contributed by atoms with Crippen LogP contribution in [-0.2, 0) is 14.4 Å². The van der Waals surface area contributed by atoms with E-state index < -0.39 is 23.8 Å². The second-order valence-electron chi connectivity index (χ2n) is 7.17. The number of carboxylic acid groups (broad SMARTS) is 1. The maximum atomic E-state index is 12.7. The Morgan fingerprint density at radius 2 is 1.96 bits per heavy atom. The zero-order valence-electron chi connectivity index (χ0n) is 14.4. The van der Waals surface area contributed by atoms with E-state index in [2.05, 4.69) is 5.32 Å². The lowest BCUT2D eigenvalue weighted by molar-refractivity contribution is -0.142. The van der Waals surface area contributed by atoms with Gasteiger partial charge < -0.3 is 15.3 Å². The van der Waals surface area contributed by atoms with Crippen LogP contribution in [0.3, 0.4) is 0 Å². The molecule has 0 aromatic heterocycles. The second kappa shape index (κ2) is 7.25. The Labute approximate surface area is 147 Å². The van der Waals surface area contributed by atoms with E-state index in [0.29, 0.717) is 12.5 Å². The topological polar surface area (TPSA) is 86.7 Å². The number of nitrogens with zero attached hydrogens (tertiary/aromatic N) is 1. The van der Waals surface area contributed by atoms with Gasteiger partial charge in [0.15, 0.2) is 0 Å². The third kappa shape index (κ3) is 4.18. The number of carbonyl (C=O) groups excluding carboxylic acids is 2. The molecular weight excluding hydrogens is 320 g/mol. The van der Waals surface area contributed by atoms with Crippen molar-refractivity contribution in [1.29, 1.82) is 0 Å². The van der Waals surface area contributed by atoms with E-state index in [1.165, 1.54) is 0 Å². The first-order chi connectivity index (χ1) is 12.0. The van der Waals surface area contributed by atoms with Gasteiger partial charge in [0.2, 0.25) is 11.8 Å². The number of carboxylic acids is 1. The summed E-state index contributed by atoms with van der Waals surface area (Å²) in [5.41, 5.74) is 0.755. The maximum absolute atomic E-state index is 12.7. The van der Waals surface area contributed by atoms with Crippen LogP contribution in [0.5, 0.6) is 0 Å². The van der Waals surface area contributed by atoms with Crippen molar-refractivity contribution in [2.75, 3.05) is 13.1 Å². The van der Waals surface area contributed by atoms with Crippen LogP contribution in [-0.4, -0.2) is 40.9 Å². The van der Waals surface area contributed by atoms with Crippen molar-refractivity contribution in [3.05, 3.63) is 35.9 Å². The van der Waals surface area contributed by atoms with Crippen LogP contribution >= 0.6 is 0 Å². The summed E-state index contributed by atoms with van der Waals surface area (Å²) in [7, 11) is 0. The Morgan fingerprint density at radius 3 is 2.56 bits per heavy atom. The predicted octanol–water partition coefficient (Wildman–Crippen LogP) is 1.82. The number of aliphatic carboxylic acids is 1. The number of hydrogen-bond acceptors (Lipinski definition) is 3. The van der Waals surface area contributed by atoms with E-state index in [-0.39, 0.29) is 18.2 Å². The molecule has 1 aromatic carbocycles. The van der Waals surface area contributed by atoms with E-state index in [4.69, 9.17) is 0 Å². The van der Waals surface area contributed by atoms with Gasteiger partial charge in [-0.3, -0.25) is 14.4 Å². The zero-order chi connectivity index (χ0) is 18.0. The fourth-order valence-corrected chi connectivity index (χ4v) is 3.31. The van der Waals surface area contributed by atoms with E-state index in [9.17, 15) is 19.5 Å². The molecule has 2 N–H and O–H groups in total. The number of rotatable bonds is 7. The van der Waals surface area contributed by atoms with Gasteiger partial charge in [-0.2, -0.15) is 0 Å². The molecule has 2 amide bonds. The van der Waals surface area contributed by atoms with E-state index >= 15 is 0 Å². The lowest BCUT2D eigenvalue weighted by Gasteiger charge is -2.24. The molecule has 25 heavy (non-hydrogen) atoms. The Morgan fingerprint density at radius 1 is 1.28 bits per heavy atom. The highest BCUT2D eigenvalue weighted by molar-refractivity contribution is 5.89. The highest BCUT2D eigenvalue weighted by atomic mass is 16.4. The van der Waals surface area contributed by atoms with E-state index in [0.717, 1.165) is 24.9 Å². The quantitative estimate of drug-likeness (QED) is 0.790. The van der Waals surface area contributed by atoms with Crippen LogP contribution in [0.4, 0.5) is 0 Å². The van der Waals surface area contributed by atoms with Crippen LogP contribution in [0.1, 0.15) is 37.8 Å². The molecule has 1 saturated carbocycles. The summed E-state index contributed by atoms with van der Waals surface area (Å²) in [4.78, 5) is 38.0. The van der Waals surface area contributed by atoms with Crippen LogP contribution in [0.15, 0.2) is 30.3 Å². The van der Waals surface area contributed by atoms with E-state index in [1.54, 1.807) is 11.8 Å². The Bertz CT molecular complexity index is 657.